The molecule has 0 spiro atoms. The fourth-order valence-corrected chi connectivity index (χ4v) is 3.85. The highest BCUT2D eigenvalue weighted by Crippen LogP contribution is 2.32. The van der Waals surface area contributed by atoms with E-state index in [1.165, 1.54) is 11.3 Å². The first-order valence-electron chi connectivity index (χ1n) is 9.03. The van der Waals surface area contributed by atoms with E-state index < -0.39 is 0 Å². The summed E-state index contributed by atoms with van der Waals surface area (Å²) in [4.78, 5) is 23.6. The molecule has 28 heavy (non-hydrogen) atoms. The summed E-state index contributed by atoms with van der Waals surface area (Å²) in [6, 6.07) is 5.41. The van der Waals surface area contributed by atoms with Crippen LogP contribution >= 0.6 is 11.3 Å². The molecule has 0 saturated carbocycles. The maximum Gasteiger partial charge on any atom is 0.247 e. The van der Waals surface area contributed by atoms with Crippen LogP contribution in [0, 0.1) is 13.8 Å². The molecule has 0 aromatic carbocycles. The summed E-state index contributed by atoms with van der Waals surface area (Å²) in [6.45, 7) is 4.45. The molecule has 1 aliphatic heterocycles. The summed E-state index contributed by atoms with van der Waals surface area (Å²) in [5.74, 6) is 1.90. The van der Waals surface area contributed by atoms with Gasteiger partial charge in [-0.25, -0.2) is 9.97 Å². The van der Waals surface area contributed by atoms with E-state index in [1.54, 1.807) is 24.5 Å². The molecule has 0 bridgehead atoms. The molecular formula is C19H20N6O2S. The van der Waals surface area contributed by atoms with Crippen LogP contribution in [0.3, 0.4) is 0 Å². The third kappa shape index (κ3) is 4.09. The lowest BCUT2D eigenvalue weighted by Crippen LogP contribution is -2.29. The maximum atomic E-state index is 12.7. The maximum absolute atomic E-state index is 12.7. The molecule has 8 nitrogen and oxygen atoms in total. The smallest absolute Gasteiger partial charge is 0.247 e. The molecule has 1 saturated heterocycles. The lowest BCUT2D eigenvalue weighted by molar-refractivity contribution is -0.126. The van der Waals surface area contributed by atoms with Crippen molar-refractivity contribution in [3.63, 3.8) is 0 Å². The van der Waals surface area contributed by atoms with Gasteiger partial charge in [0.25, 0.3) is 0 Å². The second-order valence-corrected chi connectivity index (χ2v) is 7.70. The summed E-state index contributed by atoms with van der Waals surface area (Å²) >= 11 is 1.46. The Morgan fingerprint density at radius 3 is 3.00 bits per heavy atom. The molecular weight excluding hydrogens is 376 g/mol. The van der Waals surface area contributed by atoms with Crippen LogP contribution in [-0.2, 0) is 4.79 Å². The number of nitrogens with one attached hydrogen (secondary N) is 1. The first-order chi connectivity index (χ1) is 13.6. The molecule has 3 aromatic rings. The van der Waals surface area contributed by atoms with E-state index in [0.717, 1.165) is 23.5 Å². The van der Waals surface area contributed by atoms with Gasteiger partial charge in [-0.1, -0.05) is 11.3 Å². The van der Waals surface area contributed by atoms with Crippen molar-refractivity contribution < 1.29 is 9.21 Å². The predicted molar refractivity (Wildman–Crippen MR) is 106 cm³/mol. The van der Waals surface area contributed by atoms with E-state index in [2.05, 4.69) is 25.5 Å². The molecule has 1 N–H and O–H groups in total. The molecule has 0 radical (unpaired) electrons. The fraction of sp³-hybridized carbons (Fsp3) is 0.316. The van der Waals surface area contributed by atoms with Crippen LogP contribution in [0.25, 0.3) is 6.08 Å². The van der Waals surface area contributed by atoms with Crippen LogP contribution < -0.4 is 5.32 Å². The molecule has 4 heterocycles. The van der Waals surface area contributed by atoms with Crippen molar-refractivity contribution in [1.29, 1.82) is 0 Å². The molecule has 0 aliphatic carbocycles. The number of anilines is 2. The zero-order valence-corrected chi connectivity index (χ0v) is 16.4. The quantitative estimate of drug-likeness (QED) is 0.657. The van der Waals surface area contributed by atoms with Gasteiger partial charge in [-0.05, 0) is 44.9 Å². The van der Waals surface area contributed by atoms with Crippen LogP contribution in [-0.4, -0.2) is 37.5 Å². The van der Waals surface area contributed by atoms with Gasteiger partial charge in [-0.3, -0.25) is 4.79 Å². The molecule has 144 valence electrons. The number of aryl methyl sites for hydroxylation is 2. The molecule has 4 rings (SSSR count). The van der Waals surface area contributed by atoms with Gasteiger partial charge in [-0.15, -0.1) is 10.2 Å². The average molecular weight is 396 g/mol. The van der Waals surface area contributed by atoms with E-state index in [1.807, 2.05) is 30.9 Å². The minimum Gasteiger partial charge on any atom is -0.465 e. The highest BCUT2D eigenvalue weighted by Gasteiger charge is 2.30. The SMILES string of the molecule is Cc1nc(Nc2nnc(C)s2)cc(C2CCCN2C(=O)C=Cc2ccco2)n1. The van der Waals surface area contributed by atoms with Crippen molar-refractivity contribution >= 4 is 34.3 Å². The molecule has 1 aliphatic rings. The standard InChI is InChI=1S/C19H20N6O2S/c1-12-20-15(11-17(21-12)22-19-24-23-13(2)28-19)16-6-3-9-25(16)18(26)8-7-14-5-4-10-27-14/h4-5,7-8,10-11,16H,3,6,9H2,1-2H3,(H,20,21,22,24). The lowest BCUT2D eigenvalue weighted by Gasteiger charge is -2.23. The minimum absolute atomic E-state index is 0.0515. The van der Waals surface area contributed by atoms with Crippen LogP contribution in [0.4, 0.5) is 10.9 Å². The van der Waals surface area contributed by atoms with Gasteiger partial charge in [0.05, 0.1) is 18.0 Å². The topological polar surface area (TPSA) is 97.0 Å². The summed E-state index contributed by atoms with van der Waals surface area (Å²) in [5, 5.41) is 12.8. The van der Waals surface area contributed by atoms with E-state index in [-0.39, 0.29) is 11.9 Å². The Bertz CT molecular complexity index is 998. The van der Waals surface area contributed by atoms with Crippen LogP contribution in [0.5, 0.6) is 0 Å². The van der Waals surface area contributed by atoms with Gasteiger partial charge in [-0.2, -0.15) is 0 Å². The summed E-state index contributed by atoms with van der Waals surface area (Å²) in [7, 11) is 0. The van der Waals surface area contributed by atoms with Crippen LogP contribution in [0.1, 0.15) is 41.2 Å². The van der Waals surface area contributed by atoms with Gasteiger partial charge in [0, 0.05) is 18.7 Å². The molecule has 9 heteroatoms. The average Bonchev–Trinajstić information content (AvgIpc) is 3.41. The Hall–Kier alpha value is -3.07. The molecule has 3 aromatic heterocycles. The first-order valence-corrected chi connectivity index (χ1v) is 9.85. The second kappa shape index (κ2) is 7.89. The fourth-order valence-electron chi connectivity index (χ4n) is 3.26. The van der Waals surface area contributed by atoms with Gasteiger partial charge < -0.3 is 14.6 Å². The number of hydrogen-bond acceptors (Lipinski definition) is 8. The number of carbonyl (C=O) groups excluding carboxylic acids is 1. The van der Waals surface area contributed by atoms with E-state index >= 15 is 0 Å². The number of rotatable bonds is 5. The third-order valence-electron chi connectivity index (χ3n) is 4.43. The van der Waals surface area contributed by atoms with Crippen molar-refractivity contribution in [2.24, 2.45) is 0 Å². The molecule has 1 fully saturated rings. The number of hydrogen-bond donors (Lipinski definition) is 1. The van der Waals surface area contributed by atoms with Crippen molar-refractivity contribution in [3.8, 4) is 0 Å². The number of nitrogens with zero attached hydrogens (tertiary/aromatic N) is 5. The van der Waals surface area contributed by atoms with Crippen molar-refractivity contribution in [3.05, 3.63) is 52.8 Å². The van der Waals surface area contributed by atoms with Crippen molar-refractivity contribution in [1.82, 2.24) is 25.1 Å². The normalized spacial score (nSPS) is 16.8. The van der Waals surface area contributed by atoms with Crippen molar-refractivity contribution in [2.45, 2.75) is 32.7 Å². The highest BCUT2D eigenvalue weighted by molar-refractivity contribution is 7.15. The molecule has 1 unspecified atom stereocenters. The Labute approximate surface area is 166 Å². The molecule has 1 atom stereocenters. The minimum atomic E-state index is -0.0767. The van der Waals surface area contributed by atoms with E-state index in [0.29, 0.717) is 29.1 Å². The Morgan fingerprint density at radius 2 is 2.25 bits per heavy atom. The van der Waals surface area contributed by atoms with Gasteiger partial charge in [0.15, 0.2) is 0 Å². The third-order valence-corrected chi connectivity index (χ3v) is 5.18. The van der Waals surface area contributed by atoms with Crippen LogP contribution in [0.2, 0.25) is 0 Å². The Morgan fingerprint density at radius 1 is 1.36 bits per heavy atom. The first kappa shape index (κ1) is 18.3. The Kier molecular flexibility index (Phi) is 5.16. The summed E-state index contributed by atoms with van der Waals surface area (Å²) in [5.41, 5.74) is 0.827. The predicted octanol–water partition coefficient (Wildman–Crippen LogP) is 3.66. The summed E-state index contributed by atoms with van der Waals surface area (Å²) in [6.07, 6.45) is 6.63. The van der Waals surface area contributed by atoms with Gasteiger partial charge in [0.1, 0.15) is 22.4 Å². The summed E-state index contributed by atoms with van der Waals surface area (Å²) < 4.78 is 5.25. The zero-order chi connectivity index (χ0) is 19.5. The Balaban J connectivity index is 1.54. The number of carbonyl (C=O) groups is 1. The van der Waals surface area contributed by atoms with Crippen LogP contribution in [0.15, 0.2) is 35.0 Å². The number of likely N-dealkylation sites (tertiary alicyclic amines) is 1. The lowest BCUT2D eigenvalue weighted by atomic mass is 10.1. The number of aromatic nitrogens is 4. The van der Waals surface area contributed by atoms with E-state index in [4.69, 9.17) is 4.42 Å². The van der Waals surface area contributed by atoms with Gasteiger partial charge >= 0.3 is 0 Å². The monoisotopic (exact) mass is 396 g/mol. The zero-order valence-electron chi connectivity index (χ0n) is 15.6. The highest BCUT2D eigenvalue weighted by atomic mass is 32.1. The van der Waals surface area contributed by atoms with E-state index in [9.17, 15) is 4.79 Å². The van der Waals surface area contributed by atoms with Crippen molar-refractivity contribution in [2.75, 3.05) is 11.9 Å². The largest absolute Gasteiger partial charge is 0.465 e. The number of furan rings is 1. The number of amides is 1. The second-order valence-electron chi connectivity index (χ2n) is 6.51. The van der Waals surface area contributed by atoms with Gasteiger partial charge in [0.2, 0.25) is 11.0 Å². The molecule has 1 amide bonds.